The standard InChI is InChI=1S/C16H18N2O4S/c1-23(21)13-7-3-2-6-12(13)15(20)22-10-14(19)18-16(11-17)8-4-5-9-16/h2-3,6-7H,4-5,8-10H2,1H3,(H,18,19)/t23-/m1/s1. The lowest BCUT2D eigenvalue weighted by Crippen LogP contribution is -2.46. The van der Waals surface area contributed by atoms with Crippen LogP contribution in [0, 0.1) is 11.3 Å². The summed E-state index contributed by atoms with van der Waals surface area (Å²) in [5, 5.41) is 11.9. The highest BCUT2D eigenvalue weighted by molar-refractivity contribution is 7.84. The van der Waals surface area contributed by atoms with Gasteiger partial charge in [0.2, 0.25) is 0 Å². The molecule has 1 N–H and O–H groups in total. The number of rotatable bonds is 5. The Morgan fingerprint density at radius 2 is 2.00 bits per heavy atom. The maximum atomic E-state index is 12.1. The maximum absolute atomic E-state index is 12.1. The summed E-state index contributed by atoms with van der Waals surface area (Å²) in [5.41, 5.74) is -0.663. The second-order valence-corrected chi connectivity index (χ2v) is 6.82. The fraction of sp³-hybridized carbons (Fsp3) is 0.438. The third-order valence-corrected chi connectivity index (χ3v) is 4.78. The van der Waals surface area contributed by atoms with E-state index in [9.17, 15) is 19.1 Å². The number of carbonyl (C=O) groups excluding carboxylic acids is 2. The SMILES string of the molecule is C[S@@](=O)c1ccccc1C(=O)OCC(=O)NC1(C#N)CCCC1. The molecule has 122 valence electrons. The van der Waals surface area contributed by atoms with Crippen molar-refractivity contribution >= 4 is 22.7 Å². The molecule has 7 heteroatoms. The highest BCUT2D eigenvalue weighted by atomic mass is 32.2. The minimum Gasteiger partial charge on any atom is -0.452 e. The summed E-state index contributed by atoms with van der Waals surface area (Å²) < 4.78 is 16.6. The van der Waals surface area contributed by atoms with Crippen molar-refractivity contribution in [3.63, 3.8) is 0 Å². The van der Waals surface area contributed by atoms with Crippen molar-refractivity contribution in [3.8, 4) is 6.07 Å². The first-order valence-electron chi connectivity index (χ1n) is 7.29. The molecule has 23 heavy (non-hydrogen) atoms. The van der Waals surface area contributed by atoms with E-state index in [0.717, 1.165) is 12.8 Å². The van der Waals surface area contributed by atoms with Crippen molar-refractivity contribution in [2.45, 2.75) is 36.1 Å². The number of hydrogen-bond acceptors (Lipinski definition) is 5. The summed E-state index contributed by atoms with van der Waals surface area (Å²) in [5.74, 6) is -1.21. The molecule has 0 bridgehead atoms. The molecule has 0 radical (unpaired) electrons. The molecule has 0 saturated heterocycles. The molecule has 1 saturated carbocycles. The Bertz CT molecular complexity index is 675. The van der Waals surface area contributed by atoms with Crippen LogP contribution in [0.4, 0.5) is 0 Å². The van der Waals surface area contributed by atoms with Crippen molar-refractivity contribution < 1.29 is 18.5 Å². The van der Waals surface area contributed by atoms with Crippen molar-refractivity contribution in [2.75, 3.05) is 12.9 Å². The summed E-state index contributed by atoms with van der Waals surface area (Å²) in [7, 11) is -1.33. The number of hydrogen-bond donors (Lipinski definition) is 1. The zero-order valence-corrected chi connectivity index (χ0v) is 13.6. The number of ether oxygens (including phenoxy) is 1. The van der Waals surface area contributed by atoms with Crippen LogP contribution in [0.5, 0.6) is 0 Å². The quantitative estimate of drug-likeness (QED) is 0.824. The molecule has 0 aliphatic heterocycles. The van der Waals surface area contributed by atoms with Crippen molar-refractivity contribution in [1.29, 1.82) is 5.26 Å². The van der Waals surface area contributed by atoms with E-state index >= 15 is 0 Å². The second kappa shape index (κ2) is 7.38. The number of esters is 1. The Hall–Kier alpha value is -2.20. The fourth-order valence-electron chi connectivity index (χ4n) is 2.64. The minimum atomic E-state index is -1.33. The van der Waals surface area contributed by atoms with Gasteiger partial charge < -0.3 is 10.1 Å². The third kappa shape index (κ3) is 4.17. The third-order valence-electron chi connectivity index (χ3n) is 3.80. The van der Waals surface area contributed by atoms with Crippen molar-refractivity contribution in [3.05, 3.63) is 29.8 Å². The van der Waals surface area contributed by atoms with Crippen LogP contribution < -0.4 is 5.32 Å². The monoisotopic (exact) mass is 334 g/mol. The van der Waals surface area contributed by atoms with E-state index in [4.69, 9.17) is 4.74 Å². The van der Waals surface area contributed by atoms with Gasteiger partial charge >= 0.3 is 5.97 Å². The summed E-state index contributed by atoms with van der Waals surface area (Å²) >= 11 is 0. The van der Waals surface area contributed by atoms with E-state index < -0.39 is 34.8 Å². The molecule has 1 aliphatic carbocycles. The van der Waals surface area contributed by atoms with Crippen LogP contribution in [0.25, 0.3) is 0 Å². The highest BCUT2D eigenvalue weighted by Gasteiger charge is 2.35. The van der Waals surface area contributed by atoms with Gasteiger partial charge in [0.15, 0.2) is 6.61 Å². The largest absolute Gasteiger partial charge is 0.452 e. The van der Waals surface area contributed by atoms with Crippen molar-refractivity contribution in [1.82, 2.24) is 5.32 Å². The van der Waals surface area contributed by atoms with Crippen LogP contribution in [-0.4, -0.2) is 34.5 Å². The van der Waals surface area contributed by atoms with E-state index in [2.05, 4.69) is 11.4 Å². The number of nitrogens with zero attached hydrogens (tertiary/aromatic N) is 1. The first-order valence-corrected chi connectivity index (χ1v) is 8.85. The van der Waals surface area contributed by atoms with Gasteiger partial charge in [0.25, 0.3) is 5.91 Å². The molecule has 0 heterocycles. The van der Waals surface area contributed by atoms with Crippen LogP contribution in [-0.2, 0) is 20.3 Å². The molecule has 0 aromatic heterocycles. The van der Waals surface area contributed by atoms with Crippen LogP contribution in [0.3, 0.4) is 0 Å². The van der Waals surface area contributed by atoms with Gasteiger partial charge in [-0.3, -0.25) is 9.00 Å². The van der Waals surface area contributed by atoms with E-state index in [1.54, 1.807) is 18.2 Å². The molecule has 1 amide bonds. The summed E-state index contributed by atoms with van der Waals surface area (Å²) in [6.07, 6.45) is 4.48. The van der Waals surface area contributed by atoms with Crippen molar-refractivity contribution in [2.24, 2.45) is 0 Å². The van der Waals surface area contributed by atoms with Crippen LogP contribution in [0.15, 0.2) is 29.2 Å². The van der Waals surface area contributed by atoms with E-state index in [0.29, 0.717) is 17.7 Å². The first kappa shape index (κ1) is 17.2. The van der Waals surface area contributed by atoms with Gasteiger partial charge in [-0.15, -0.1) is 0 Å². The fourth-order valence-corrected chi connectivity index (χ4v) is 3.37. The molecule has 1 aromatic carbocycles. The van der Waals surface area contributed by atoms with Gasteiger partial charge in [-0.05, 0) is 37.8 Å². The summed E-state index contributed by atoms with van der Waals surface area (Å²) in [4.78, 5) is 24.3. The zero-order valence-electron chi connectivity index (χ0n) is 12.8. The summed E-state index contributed by atoms with van der Waals surface area (Å²) in [6.45, 7) is -0.465. The van der Waals surface area contributed by atoms with Gasteiger partial charge in [0.05, 0.1) is 27.3 Å². The first-order chi connectivity index (χ1) is 11.0. The average Bonchev–Trinajstić information content (AvgIpc) is 3.01. The molecule has 1 aromatic rings. The van der Waals surface area contributed by atoms with E-state index in [1.165, 1.54) is 12.3 Å². The Kier molecular flexibility index (Phi) is 5.50. The number of nitriles is 1. The van der Waals surface area contributed by atoms with Gasteiger partial charge in [0.1, 0.15) is 5.54 Å². The Morgan fingerprint density at radius 3 is 2.61 bits per heavy atom. The maximum Gasteiger partial charge on any atom is 0.339 e. The molecule has 1 fully saturated rings. The lowest BCUT2D eigenvalue weighted by atomic mass is 10.00. The number of benzene rings is 1. The van der Waals surface area contributed by atoms with Gasteiger partial charge in [-0.25, -0.2) is 4.79 Å². The second-order valence-electron chi connectivity index (χ2n) is 5.48. The molecular formula is C16H18N2O4S. The number of carbonyl (C=O) groups is 2. The lowest BCUT2D eigenvalue weighted by molar-refractivity contribution is -0.125. The lowest BCUT2D eigenvalue weighted by Gasteiger charge is -2.21. The van der Waals surface area contributed by atoms with Crippen LogP contribution in [0.2, 0.25) is 0 Å². The van der Waals surface area contributed by atoms with E-state index in [-0.39, 0.29) is 5.56 Å². The predicted molar refractivity (Wildman–Crippen MR) is 84.0 cm³/mol. The number of nitrogens with one attached hydrogen (secondary N) is 1. The normalized spacial score (nSPS) is 17.0. The minimum absolute atomic E-state index is 0.178. The molecule has 1 aliphatic rings. The molecular weight excluding hydrogens is 316 g/mol. The number of amides is 1. The smallest absolute Gasteiger partial charge is 0.339 e. The average molecular weight is 334 g/mol. The molecule has 0 spiro atoms. The van der Waals surface area contributed by atoms with Gasteiger partial charge in [0, 0.05) is 6.26 Å². The Morgan fingerprint density at radius 1 is 1.35 bits per heavy atom. The molecule has 2 rings (SSSR count). The van der Waals surface area contributed by atoms with E-state index in [1.807, 2.05) is 0 Å². The zero-order chi connectivity index (χ0) is 16.9. The highest BCUT2D eigenvalue weighted by Crippen LogP contribution is 2.28. The topological polar surface area (TPSA) is 96.3 Å². The van der Waals surface area contributed by atoms with Gasteiger partial charge in [-0.1, -0.05) is 12.1 Å². The van der Waals surface area contributed by atoms with Crippen LogP contribution in [0.1, 0.15) is 36.0 Å². The van der Waals surface area contributed by atoms with Gasteiger partial charge in [-0.2, -0.15) is 5.26 Å². The molecule has 0 unspecified atom stereocenters. The van der Waals surface area contributed by atoms with Crippen LogP contribution >= 0.6 is 0 Å². The predicted octanol–water partition coefficient (Wildman–Crippen LogP) is 1.53. The molecule has 1 atom stereocenters. The Balaban J connectivity index is 1.96. The molecule has 6 nitrogen and oxygen atoms in total. The summed E-state index contributed by atoms with van der Waals surface area (Å²) in [6, 6.07) is 8.54. The Labute approximate surface area is 137 Å².